The van der Waals surface area contributed by atoms with Gasteiger partial charge in [0.2, 0.25) is 5.91 Å². The van der Waals surface area contributed by atoms with Gasteiger partial charge in [-0.25, -0.2) is 0 Å². The molecule has 0 bridgehead atoms. The fourth-order valence-electron chi connectivity index (χ4n) is 4.12. The van der Waals surface area contributed by atoms with Gasteiger partial charge in [-0.1, -0.05) is 50.2 Å². The lowest BCUT2D eigenvalue weighted by atomic mass is 9.92. The van der Waals surface area contributed by atoms with E-state index in [9.17, 15) is 24.6 Å². The standard InChI is InChI=1S/C29H38N2O7/c1-20(2)15-24(26(34)29(18-33)19-38-29)30-28(36)25(17-32)31-27(35)22-12-8-13-23(16-22)37-14-7-6-11-21-9-4-3-5-10-21/h3-5,8-10,12-13,16,20,24-25,32-33H,6-7,11,14-15,17-19H2,1-2H3,(H,30,36)(H,31,35)/t24?,25-,29?/m0/s1. The number of epoxide rings is 1. The highest BCUT2D eigenvalue weighted by Crippen LogP contribution is 2.30. The molecule has 1 fully saturated rings. The number of hydrogen-bond donors (Lipinski definition) is 4. The Balaban J connectivity index is 1.52. The van der Waals surface area contributed by atoms with E-state index in [1.54, 1.807) is 24.3 Å². The largest absolute Gasteiger partial charge is 0.494 e. The maximum atomic E-state index is 12.9. The van der Waals surface area contributed by atoms with Crippen LogP contribution in [0.4, 0.5) is 0 Å². The van der Waals surface area contributed by atoms with Crippen LogP contribution in [0, 0.1) is 5.92 Å². The Morgan fingerprint density at radius 2 is 1.74 bits per heavy atom. The number of benzene rings is 2. The number of aliphatic hydroxyl groups excluding tert-OH is 2. The smallest absolute Gasteiger partial charge is 0.252 e. The number of nitrogens with one attached hydrogen (secondary N) is 2. The van der Waals surface area contributed by atoms with Crippen molar-refractivity contribution in [1.82, 2.24) is 10.6 Å². The van der Waals surface area contributed by atoms with Crippen LogP contribution in [0.1, 0.15) is 49.0 Å². The molecule has 3 atom stereocenters. The number of carbonyl (C=O) groups is 3. The lowest BCUT2D eigenvalue weighted by Gasteiger charge is -2.24. The summed E-state index contributed by atoms with van der Waals surface area (Å²) in [5.41, 5.74) is 0.271. The van der Waals surface area contributed by atoms with Crippen molar-refractivity contribution in [3.05, 3.63) is 65.7 Å². The van der Waals surface area contributed by atoms with Gasteiger partial charge in [0, 0.05) is 5.56 Å². The molecule has 1 aliphatic rings. The van der Waals surface area contributed by atoms with E-state index < -0.39 is 48.5 Å². The molecule has 9 heteroatoms. The van der Waals surface area contributed by atoms with Gasteiger partial charge in [0.25, 0.3) is 5.91 Å². The van der Waals surface area contributed by atoms with Gasteiger partial charge in [-0.15, -0.1) is 0 Å². The Morgan fingerprint density at radius 1 is 1.00 bits per heavy atom. The van der Waals surface area contributed by atoms with E-state index >= 15 is 0 Å². The highest BCUT2D eigenvalue weighted by atomic mass is 16.6. The van der Waals surface area contributed by atoms with Crippen LogP contribution >= 0.6 is 0 Å². The van der Waals surface area contributed by atoms with Gasteiger partial charge >= 0.3 is 0 Å². The van der Waals surface area contributed by atoms with Crippen molar-refractivity contribution in [2.45, 2.75) is 57.2 Å². The van der Waals surface area contributed by atoms with Gasteiger partial charge in [0.05, 0.1) is 32.5 Å². The number of carbonyl (C=O) groups excluding carboxylic acids is 3. The van der Waals surface area contributed by atoms with E-state index in [0.717, 1.165) is 19.3 Å². The molecule has 2 aromatic rings. The Labute approximate surface area is 223 Å². The number of aryl methyl sites for hydroxylation is 1. The van der Waals surface area contributed by atoms with E-state index in [-0.39, 0.29) is 18.1 Å². The molecule has 2 aromatic carbocycles. The molecule has 3 rings (SSSR count). The monoisotopic (exact) mass is 526 g/mol. The molecule has 9 nitrogen and oxygen atoms in total. The number of unbranched alkanes of at least 4 members (excludes halogenated alkanes) is 1. The number of ketones is 1. The summed E-state index contributed by atoms with van der Waals surface area (Å²) in [6, 6.07) is 14.7. The molecule has 2 amide bonds. The molecule has 0 aromatic heterocycles. The summed E-state index contributed by atoms with van der Waals surface area (Å²) in [4.78, 5) is 38.6. The first-order valence-electron chi connectivity index (χ1n) is 13.1. The van der Waals surface area contributed by atoms with Crippen molar-refractivity contribution in [2.24, 2.45) is 5.92 Å². The SMILES string of the molecule is CC(C)CC(NC(=O)[C@H](CO)NC(=O)c1cccc(OCCCCc2ccccc2)c1)C(=O)C1(CO)CO1. The Morgan fingerprint density at radius 3 is 2.37 bits per heavy atom. The minimum Gasteiger partial charge on any atom is -0.494 e. The molecule has 1 heterocycles. The Kier molecular flexibility index (Phi) is 10.8. The topological polar surface area (TPSA) is 137 Å². The zero-order chi connectivity index (χ0) is 27.5. The van der Waals surface area contributed by atoms with Crippen molar-refractivity contribution in [2.75, 3.05) is 26.4 Å². The number of hydrogen-bond acceptors (Lipinski definition) is 7. The van der Waals surface area contributed by atoms with Crippen molar-refractivity contribution in [3.63, 3.8) is 0 Å². The third-order valence-electron chi connectivity index (χ3n) is 6.41. The van der Waals surface area contributed by atoms with Crippen LogP contribution in [-0.4, -0.2) is 71.9 Å². The number of rotatable bonds is 16. The Bertz CT molecular complexity index is 1070. The van der Waals surface area contributed by atoms with Crippen molar-refractivity contribution in [3.8, 4) is 5.75 Å². The third kappa shape index (κ3) is 8.37. The fraction of sp³-hybridized carbons (Fsp3) is 0.483. The van der Waals surface area contributed by atoms with Gasteiger partial charge in [-0.2, -0.15) is 0 Å². The highest BCUT2D eigenvalue weighted by molar-refractivity contribution is 6.00. The van der Waals surface area contributed by atoms with Crippen molar-refractivity contribution >= 4 is 17.6 Å². The average Bonchev–Trinajstić information content (AvgIpc) is 3.72. The van der Waals surface area contributed by atoms with Gasteiger partial charge in [-0.3, -0.25) is 14.4 Å². The molecule has 2 unspecified atom stereocenters. The normalized spacial score (nSPS) is 17.9. The molecular weight excluding hydrogens is 488 g/mol. The predicted octanol–water partition coefficient (Wildman–Crippen LogP) is 2.04. The van der Waals surface area contributed by atoms with Gasteiger partial charge in [-0.05, 0) is 55.4 Å². The second kappa shape index (κ2) is 14.0. The van der Waals surface area contributed by atoms with Gasteiger partial charge in [0.1, 0.15) is 11.8 Å². The van der Waals surface area contributed by atoms with E-state index in [0.29, 0.717) is 18.8 Å². The Hall–Kier alpha value is -3.27. The summed E-state index contributed by atoms with van der Waals surface area (Å²) in [6.07, 6.45) is 3.13. The highest BCUT2D eigenvalue weighted by Gasteiger charge is 2.54. The third-order valence-corrected chi connectivity index (χ3v) is 6.41. The maximum absolute atomic E-state index is 12.9. The molecule has 0 saturated carbocycles. The number of ether oxygens (including phenoxy) is 2. The fourth-order valence-corrected chi connectivity index (χ4v) is 4.12. The predicted molar refractivity (Wildman–Crippen MR) is 142 cm³/mol. The van der Waals surface area contributed by atoms with Crippen LogP contribution in [0.15, 0.2) is 54.6 Å². The summed E-state index contributed by atoms with van der Waals surface area (Å²) < 4.78 is 11.0. The summed E-state index contributed by atoms with van der Waals surface area (Å²) in [5.74, 6) is -1.07. The van der Waals surface area contributed by atoms with Crippen LogP contribution in [-0.2, 0) is 20.7 Å². The lowest BCUT2D eigenvalue weighted by Crippen LogP contribution is -2.55. The van der Waals surface area contributed by atoms with Crippen LogP contribution in [0.25, 0.3) is 0 Å². The molecule has 38 heavy (non-hydrogen) atoms. The second-order valence-corrected chi connectivity index (χ2v) is 10.0. The summed E-state index contributed by atoms with van der Waals surface area (Å²) >= 11 is 0. The van der Waals surface area contributed by atoms with E-state index in [1.807, 2.05) is 32.0 Å². The van der Waals surface area contributed by atoms with Crippen LogP contribution in [0.3, 0.4) is 0 Å². The number of aliphatic hydroxyl groups is 2. The van der Waals surface area contributed by atoms with E-state index in [4.69, 9.17) is 9.47 Å². The van der Waals surface area contributed by atoms with Crippen LogP contribution in [0.5, 0.6) is 5.75 Å². The number of Topliss-reactive ketones (excluding diaryl/α,β-unsaturated/α-hetero) is 1. The minimum absolute atomic E-state index is 0.0713. The van der Waals surface area contributed by atoms with Gasteiger partial charge in [0.15, 0.2) is 11.4 Å². The molecule has 206 valence electrons. The van der Waals surface area contributed by atoms with E-state index in [2.05, 4.69) is 22.8 Å². The quantitative estimate of drug-likeness (QED) is 0.194. The second-order valence-electron chi connectivity index (χ2n) is 10.0. The minimum atomic E-state index is -1.28. The zero-order valence-corrected chi connectivity index (χ0v) is 22.0. The number of amides is 2. The molecule has 1 aliphatic heterocycles. The molecule has 0 aliphatic carbocycles. The first kappa shape index (κ1) is 29.3. The molecule has 0 spiro atoms. The van der Waals surface area contributed by atoms with Gasteiger partial charge < -0.3 is 30.3 Å². The summed E-state index contributed by atoms with van der Waals surface area (Å²) in [5, 5.41) is 24.5. The zero-order valence-electron chi connectivity index (χ0n) is 22.0. The first-order valence-corrected chi connectivity index (χ1v) is 13.1. The first-order chi connectivity index (χ1) is 18.3. The molecule has 1 saturated heterocycles. The van der Waals surface area contributed by atoms with E-state index in [1.165, 1.54) is 5.56 Å². The molecule has 0 radical (unpaired) electrons. The lowest BCUT2D eigenvalue weighted by molar-refractivity contribution is -0.133. The average molecular weight is 527 g/mol. The molecule has 4 N–H and O–H groups in total. The van der Waals surface area contributed by atoms with Crippen LogP contribution in [0.2, 0.25) is 0 Å². The summed E-state index contributed by atoms with van der Waals surface area (Å²) in [7, 11) is 0. The van der Waals surface area contributed by atoms with Crippen molar-refractivity contribution < 1.29 is 34.1 Å². The van der Waals surface area contributed by atoms with Crippen LogP contribution < -0.4 is 15.4 Å². The maximum Gasteiger partial charge on any atom is 0.252 e. The van der Waals surface area contributed by atoms with Crippen molar-refractivity contribution in [1.29, 1.82) is 0 Å². The molecular formula is C29H38N2O7. The summed E-state index contributed by atoms with van der Waals surface area (Å²) in [6.45, 7) is 3.27.